The van der Waals surface area contributed by atoms with Gasteiger partial charge in [-0.1, -0.05) is 6.92 Å². The van der Waals surface area contributed by atoms with Crippen molar-refractivity contribution in [1.29, 1.82) is 0 Å². The summed E-state index contributed by atoms with van der Waals surface area (Å²) < 4.78 is 5.20. The molecule has 7 nitrogen and oxygen atoms in total. The summed E-state index contributed by atoms with van der Waals surface area (Å²) in [5, 5.41) is 2.66. The maximum atomic E-state index is 11.5. The van der Waals surface area contributed by atoms with Crippen LogP contribution in [0.1, 0.15) is 13.8 Å². The van der Waals surface area contributed by atoms with Gasteiger partial charge < -0.3 is 15.0 Å². The van der Waals surface area contributed by atoms with E-state index in [1.54, 1.807) is 19.0 Å². The number of hydrogen-bond acceptors (Lipinski definition) is 6. The molecule has 106 valence electrons. The van der Waals surface area contributed by atoms with Crippen LogP contribution in [0.3, 0.4) is 0 Å². The molecular weight excluding hydrogens is 270 g/mol. The zero-order valence-electron chi connectivity index (χ0n) is 11.5. The third kappa shape index (κ3) is 4.51. The third-order valence-electron chi connectivity index (χ3n) is 2.43. The average molecular weight is 288 g/mol. The van der Waals surface area contributed by atoms with E-state index in [0.29, 0.717) is 19.1 Å². The number of amides is 1. The molecule has 0 radical (unpaired) electrons. The lowest BCUT2D eigenvalue weighted by Gasteiger charge is -2.20. The van der Waals surface area contributed by atoms with Crippen LogP contribution in [0, 0.1) is 5.92 Å². The van der Waals surface area contributed by atoms with E-state index in [-0.39, 0.29) is 23.1 Å². The molecule has 1 atom stereocenters. The second-order valence-electron chi connectivity index (χ2n) is 4.02. The van der Waals surface area contributed by atoms with Gasteiger partial charge in [-0.3, -0.25) is 4.79 Å². The van der Waals surface area contributed by atoms with Crippen molar-refractivity contribution in [2.75, 3.05) is 32.1 Å². The number of aromatic nitrogens is 3. The molecule has 19 heavy (non-hydrogen) atoms. The molecule has 1 heterocycles. The van der Waals surface area contributed by atoms with E-state index in [4.69, 9.17) is 16.3 Å². The zero-order valence-corrected chi connectivity index (χ0v) is 12.2. The van der Waals surface area contributed by atoms with Crippen molar-refractivity contribution in [3.63, 3.8) is 0 Å². The first kappa shape index (κ1) is 15.4. The molecule has 8 heteroatoms. The molecule has 1 rings (SSSR count). The van der Waals surface area contributed by atoms with Crippen LogP contribution in [0.15, 0.2) is 0 Å². The number of rotatable bonds is 6. The van der Waals surface area contributed by atoms with Gasteiger partial charge in [0.05, 0.1) is 12.5 Å². The van der Waals surface area contributed by atoms with Gasteiger partial charge in [-0.05, 0) is 18.5 Å². The fourth-order valence-corrected chi connectivity index (χ4v) is 1.66. The molecule has 0 aliphatic rings. The van der Waals surface area contributed by atoms with Crippen molar-refractivity contribution in [3.8, 4) is 6.01 Å². The van der Waals surface area contributed by atoms with Crippen LogP contribution in [-0.4, -0.2) is 48.1 Å². The summed E-state index contributed by atoms with van der Waals surface area (Å²) in [6, 6.07) is 0.178. The Labute approximate surface area is 117 Å². The van der Waals surface area contributed by atoms with E-state index < -0.39 is 0 Å². The van der Waals surface area contributed by atoms with Gasteiger partial charge in [0.1, 0.15) is 0 Å². The van der Waals surface area contributed by atoms with Gasteiger partial charge >= 0.3 is 6.01 Å². The Balaban J connectivity index is 2.81. The molecule has 0 aromatic carbocycles. The average Bonchev–Trinajstić information content (AvgIpc) is 2.37. The largest absolute Gasteiger partial charge is 0.464 e. The lowest BCUT2D eigenvalue weighted by molar-refractivity contribution is -0.123. The Kier molecular flexibility index (Phi) is 5.75. The minimum absolute atomic E-state index is 0.0444. The van der Waals surface area contributed by atoms with Crippen molar-refractivity contribution < 1.29 is 9.53 Å². The number of halogens is 1. The van der Waals surface area contributed by atoms with E-state index in [1.165, 1.54) is 0 Å². The van der Waals surface area contributed by atoms with Crippen LogP contribution >= 0.6 is 11.6 Å². The minimum atomic E-state index is -0.193. The smallest absolute Gasteiger partial charge is 0.322 e. The van der Waals surface area contributed by atoms with Crippen LogP contribution in [0.25, 0.3) is 0 Å². The maximum absolute atomic E-state index is 11.5. The molecule has 0 saturated carbocycles. The highest BCUT2D eigenvalue weighted by Gasteiger charge is 2.17. The third-order valence-corrected chi connectivity index (χ3v) is 2.60. The lowest BCUT2D eigenvalue weighted by Crippen LogP contribution is -2.35. The second-order valence-corrected chi connectivity index (χ2v) is 4.35. The number of ether oxygens (including phenoxy) is 1. The molecule has 1 aromatic rings. The minimum Gasteiger partial charge on any atom is -0.464 e. The van der Waals surface area contributed by atoms with E-state index in [2.05, 4.69) is 20.3 Å². The molecular formula is C11H18ClN5O2. The molecule has 1 amide bonds. The summed E-state index contributed by atoms with van der Waals surface area (Å²) in [6.07, 6.45) is 0. The van der Waals surface area contributed by atoms with Gasteiger partial charge in [0.15, 0.2) is 0 Å². The number of nitrogens with one attached hydrogen (secondary N) is 1. The first-order valence-corrected chi connectivity index (χ1v) is 6.32. The molecule has 1 aromatic heterocycles. The van der Waals surface area contributed by atoms with Crippen LogP contribution in [0.4, 0.5) is 5.95 Å². The zero-order chi connectivity index (χ0) is 14.4. The normalized spacial score (nSPS) is 11.8. The molecule has 1 unspecified atom stereocenters. The number of hydrogen-bond donors (Lipinski definition) is 1. The molecule has 0 fully saturated rings. The molecule has 0 aliphatic carbocycles. The first-order chi connectivity index (χ1) is 8.97. The fraction of sp³-hybridized carbons (Fsp3) is 0.636. The summed E-state index contributed by atoms with van der Waals surface area (Å²) in [6.45, 7) is 4.56. The van der Waals surface area contributed by atoms with Gasteiger partial charge in [0.2, 0.25) is 17.1 Å². The lowest BCUT2D eigenvalue weighted by atomic mass is 10.1. The Morgan fingerprint density at radius 2 is 2.16 bits per heavy atom. The van der Waals surface area contributed by atoms with Gasteiger partial charge in [-0.25, -0.2) is 0 Å². The maximum Gasteiger partial charge on any atom is 0.322 e. The topological polar surface area (TPSA) is 80.2 Å². The van der Waals surface area contributed by atoms with Gasteiger partial charge in [-0.2, -0.15) is 15.0 Å². The molecule has 0 aliphatic heterocycles. The quantitative estimate of drug-likeness (QED) is 0.831. The number of carbonyl (C=O) groups is 1. The summed E-state index contributed by atoms with van der Waals surface area (Å²) in [5.74, 6) is 0.136. The van der Waals surface area contributed by atoms with Gasteiger partial charge in [0, 0.05) is 20.6 Å². The summed E-state index contributed by atoms with van der Waals surface area (Å²) in [7, 11) is 3.38. The van der Waals surface area contributed by atoms with Crippen LogP contribution < -0.4 is 15.0 Å². The van der Waals surface area contributed by atoms with E-state index in [1.807, 2.05) is 13.8 Å². The highest BCUT2D eigenvalue weighted by molar-refractivity contribution is 6.28. The summed E-state index contributed by atoms with van der Waals surface area (Å²) in [5.41, 5.74) is 0. The van der Waals surface area contributed by atoms with Gasteiger partial charge in [-0.15, -0.1) is 0 Å². The van der Waals surface area contributed by atoms with E-state index in [9.17, 15) is 4.79 Å². The van der Waals surface area contributed by atoms with Crippen molar-refractivity contribution >= 4 is 23.5 Å². The second kappa shape index (κ2) is 7.08. The SMILES string of the molecule is CCOc1nc(Cl)nc(N(C)CC(C)C(=O)NC)n1. The van der Waals surface area contributed by atoms with E-state index >= 15 is 0 Å². The first-order valence-electron chi connectivity index (χ1n) is 5.95. The highest BCUT2D eigenvalue weighted by atomic mass is 35.5. The van der Waals surface area contributed by atoms with Crippen molar-refractivity contribution in [3.05, 3.63) is 5.28 Å². The Hall–Kier alpha value is -1.63. The van der Waals surface area contributed by atoms with Gasteiger partial charge in [0.25, 0.3) is 0 Å². The van der Waals surface area contributed by atoms with Crippen molar-refractivity contribution in [2.24, 2.45) is 5.92 Å². The number of nitrogens with zero attached hydrogens (tertiary/aromatic N) is 4. The monoisotopic (exact) mass is 287 g/mol. The molecule has 0 bridgehead atoms. The standard InChI is InChI=1S/C11H18ClN5O2/c1-5-19-11-15-9(12)14-10(16-11)17(4)6-7(2)8(18)13-3/h7H,5-6H2,1-4H3,(H,13,18). The molecule has 0 spiro atoms. The molecule has 1 N–H and O–H groups in total. The Morgan fingerprint density at radius 1 is 1.47 bits per heavy atom. The summed E-state index contributed by atoms with van der Waals surface area (Å²) in [4.78, 5) is 25.2. The number of anilines is 1. The van der Waals surface area contributed by atoms with Crippen LogP contribution in [0.5, 0.6) is 6.01 Å². The van der Waals surface area contributed by atoms with Crippen molar-refractivity contribution in [1.82, 2.24) is 20.3 Å². The number of carbonyl (C=O) groups excluding carboxylic acids is 1. The summed E-state index contributed by atoms with van der Waals surface area (Å²) >= 11 is 5.81. The Bertz CT molecular complexity index is 443. The highest BCUT2D eigenvalue weighted by Crippen LogP contribution is 2.15. The predicted molar refractivity (Wildman–Crippen MR) is 72.5 cm³/mol. The van der Waals surface area contributed by atoms with Crippen LogP contribution in [-0.2, 0) is 4.79 Å². The van der Waals surface area contributed by atoms with Crippen LogP contribution in [0.2, 0.25) is 5.28 Å². The molecule has 0 saturated heterocycles. The fourth-order valence-electron chi connectivity index (χ4n) is 1.51. The van der Waals surface area contributed by atoms with E-state index in [0.717, 1.165) is 0 Å². The Morgan fingerprint density at radius 3 is 2.74 bits per heavy atom. The predicted octanol–water partition coefficient (Wildman–Crippen LogP) is 0.742. The van der Waals surface area contributed by atoms with Crippen molar-refractivity contribution in [2.45, 2.75) is 13.8 Å².